The third-order valence-corrected chi connectivity index (χ3v) is 4.96. The van der Waals surface area contributed by atoms with Gasteiger partial charge in [0, 0.05) is 44.8 Å². The molecule has 22 heavy (non-hydrogen) atoms. The molecule has 1 aromatic heterocycles. The number of nitrogens with zero attached hydrogens (tertiary/aromatic N) is 3. The van der Waals surface area contributed by atoms with Crippen LogP contribution in [0.5, 0.6) is 0 Å². The zero-order valence-electron chi connectivity index (χ0n) is 13.5. The largest absolute Gasteiger partial charge is 0.338 e. The number of hydrogen-bond acceptors (Lipinski definition) is 3. The highest BCUT2D eigenvalue weighted by atomic mass is 16.2. The van der Waals surface area contributed by atoms with Crippen LogP contribution in [0.2, 0.25) is 0 Å². The van der Waals surface area contributed by atoms with Gasteiger partial charge in [0.15, 0.2) is 0 Å². The van der Waals surface area contributed by atoms with E-state index in [1.54, 1.807) is 0 Å². The third kappa shape index (κ3) is 3.61. The molecule has 1 spiro atoms. The van der Waals surface area contributed by atoms with Crippen LogP contribution < -0.4 is 10.6 Å². The maximum atomic E-state index is 12.3. The van der Waals surface area contributed by atoms with Crippen LogP contribution >= 0.6 is 0 Å². The number of piperidine rings is 1. The highest BCUT2D eigenvalue weighted by molar-refractivity contribution is 5.74. The average Bonchev–Trinajstić information content (AvgIpc) is 3.13. The van der Waals surface area contributed by atoms with E-state index < -0.39 is 0 Å². The number of carbonyl (C=O) groups excluding carboxylic acids is 1. The predicted molar refractivity (Wildman–Crippen MR) is 85.7 cm³/mol. The van der Waals surface area contributed by atoms with Crippen molar-refractivity contribution in [3.8, 4) is 0 Å². The average molecular weight is 305 g/mol. The first-order valence-electron chi connectivity index (χ1n) is 8.38. The highest BCUT2D eigenvalue weighted by Crippen LogP contribution is 2.35. The summed E-state index contributed by atoms with van der Waals surface area (Å²) in [7, 11) is 1.93. The Labute approximate surface area is 132 Å². The first-order valence-corrected chi connectivity index (χ1v) is 8.38. The van der Waals surface area contributed by atoms with Crippen molar-refractivity contribution in [2.45, 2.75) is 32.1 Å². The summed E-state index contributed by atoms with van der Waals surface area (Å²) >= 11 is 0. The van der Waals surface area contributed by atoms with Gasteiger partial charge >= 0.3 is 6.03 Å². The lowest BCUT2D eigenvalue weighted by atomic mass is 9.79. The Kier molecular flexibility index (Phi) is 4.66. The van der Waals surface area contributed by atoms with Crippen molar-refractivity contribution in [1.82, 2.24) is 25.3 Å². The molecular weight excluding hydrogens is 278 g/mol. The maximum Gasteiger partial charge on any atom is 0.317 e. The molecule has 0 saturated carbocycles. The van der Waals surface area contributed by atoms with Gasteiger partial charge in [-0.05, 0) is 44.2 Å². The summed E-state index contributed by atoms with van der Waals surface area (Å²) in [5, 5.41) is 10.7. The van der Waals surface area contributed by atoms with E-state index in [0.29, 0.717) is 5.41 Å². The summed E-state index contributed by atoms with van der Waals surface area (Å²) in [5.74, 6) is 0. The fourth-order valence-electron chi connectivity index (χ4n) is 3.73. The lowest BCUT2D eigenvalue weighted by Crippen LogP contribution is -2.50. The molecule has 0 aromatic carbocycles. The monoisotopic (exact) mass is 305 g/mol. The van der Waals surface area contributed by atoms with Gasteiger partial charge in [0.25, 0.3) is 0 Å². The Hall–Kier alpha value is -1.56. The van der Waals surface area contributed by atoms with Crippen LogP contribution in [0.1, 0.15) is 31.2 Å². The molecule has 3 heterocycles. The van der Waals surface area contributed by atoms with Gasteiger partial charge in [-0.25, -0.2) is 4.79 Å². The van der Waals surface area contributed by atoms with Crippen LogP contribution in [0.3, 0.4) is 0 Å². The normalized spacial score (nSPS) is 24.9. The zero-order valence-corrected chi connectivity index (χ0v) is 13.5. The van der Waals surface area contributed by atoms with E-state index in [9.17, 15) is 4.79 Å². The van der Waals surface area contributed by atoms with Gasteiger partial charge in [0.2, 0.25) is 0 Å². The molecule has 122 valence electrons. The van der Waals surface area contributed by atoms with Gasteiger partial charge in [-0.3, -0.25) is 4.68 Å². The van der Waals surface area contributed by atoms with E-state index in [1.165, 1.54) is 18.4 Å². The van der Waals surface area contributed by atoms with Crippen LogP contribution in [0.15, 0.2) is 12.4 Å². The van der Waals surface area contributed by atoms with Crippen molar-refractivity contribution in [3.63, 3.8) is 0 Å². The van der Waals surface area contributed by atoms with Gasteiger partial charge in [-0.15, -0.1) is 0 Å². The lowest BCUT2D eigenvalue weighted by molar-refractivity contribution is 0.118. The quantitative estimate of drug-likeness (QED) is 0.820. The maximum absolute atomic E-state index is 12.3. The smallest absolute Gasteiger partial charge is 0.317 e. The molecule has 2 fully saturated rings. The Morgan fingerprint density at radius 1 is 1.50 bits per heavy atom. The topological polar surface area (TPSA) is 62.2 Å². The number of aryl methyl sites for hydroxylation is 2. The third-order valence-electron chi connectivity index (χ3n) is 4.96. The summed E-state index contributed by atoms with van der Waals surface area (Å²) in [4.78, 5) is 14.3. The number of amides is 2. The van der Waals surface area contributed by atoms with Crippen LogP contribution in [-0.4, -0.2) is 53.4 Å². The summed E-state index contributed by atoms with van der Waals surface area (Å²) in [6, 6.07) is 0.108. The molecule has 6 nitrogen and oxygen atoms in total. The molecule has 0 bridgehead atoms. The fraction of sp³-hybridized carbons (Fsp3) is 0.750. The fourth-order valence-corrected chi connectivity index (χ4v) is 3.73. The van der Waals surface area contributed by atoms with Gasteiger partial charge in [-0.1, -0.05) is 0 Å². The SMILES string of the molecule is Cn1cc(CCCNC(=O)N2CCCC3(CCNC3)C2)cn1. The van der Waals surface area contributed by atoms with Crippen molar-refractivity contribution in [1.29, 1.82) is 0 Å². The minimum absolute atomic E-state index is 0.108. The van der Waals surface area contributed by atoms with Crippen molar-refractivity contribution < 1.29 is 4.79 Å². The van der Waals surface area contributed by atoms with E-state index in [4.69, 9.17) is 0 Å². The molecule has 2 saturated heterocycles. The molecule has 2 aliphatic heterocycles. The van der Waals surface area contributed by atoms with Crippen LogP contribution in [0.4, 0.5) is 4.79 Å². The van der Waals surface area contributed by atoms with Gasteiger partial charge < -0.3 is 15.5 Å². The van der Waals surface area contributed by atoms with Crippen molar-refractivity contribution in [2.75, 3.05) is 32.7 Å². The highest BCUT2D eigenvalue weighted by Gasteiger charge is 2.39. The van der Waals surface area contributed by atoms with E-state index in [1.807, 2.05) is 29.0 Å². The van der Waals surface area contributed by atoms with Crippen LogP contribution in [-0.2, 0) is 13.5 Å². The second-order valence-electron chi connectivity index (χ2n) is 6.81. The Morgan fingerprint density at radius 2 is 2.41 bits per heavy atom. The van der Waals surface area contributed by atoms with E-state index in [-0.39, 0.29) is 6.03 Å². The number of urea groups is 1. The molecule has 0 radical (unpaired) electrons. The molecule has 1 aromatic rings. The second-order valence-corrected chi connectivity index (χ2v) is 6.81. The molecular formula is C16H27N5O. The number of carbonyl (C=O) groups is 1. The summed E-state index contributed by atoms with van der Waals surface area (Å²) in [6.45, 7) is 4.71. The predicted octanol–water partition coefficient (Wildman–Crippen LogP) is 1.14. The second kappa shape index (κ2) is 6.69. The van der Waals surface area contributed by atoms with E-state index in [0.717, 1.165) is 52.0 Å². The molecule has 2 aliphatic rings. The Bertz CT molecular complexity index is 506. The minimum Gasteiger partial charge on any atom is -0.338 e. The minimum atomic E-state index is 0.108. The molecule has 6 heteroatoms. The van der Waals surface area contributed by atoms with Gasteiger partial charge in [-0.2, -0.15) is 5.10 Å². The van der Waals surface area contributed by atoms with Gasteiger partial charge in [0.05, 0.1) is 6.20 Å². The van der Waals surface area contributed by atoms with Crippen molar-refractivity contribution in [2.24, 2.45) is 12.5 Å². The first-order chi connectivity index (χ1) is 10.7. The zero-order chi connectivity index (χ0) is 15.4. The molecule has 2 amide bonds. The van der Waals surface area contributed by atoms with Crippen molar-refractivity contribution in [3.05, 3.63) is 18.0 Å². The van der Waals surface area contributed by atoms with Gasteiger partial charge in [0.1, 0.15) is 0 Å². The van der Waals surface area contributed by atoms with Crippen LogP contribution in [0, 0.1) is 5.41 Å². The van der Waals surface area contributed by atoms with E-state index in [2.05, 4.69) is 15.7 Å². The molecule has 0 aliphatic carbocycles. The number of likely N-dealkylation sites (tertiary alicyclic amines) is 1. The number of nitrogens with one attached hydrogen (secondary N) is 2. The number of hydrogen-bond donors (Lipinski definition) is 2. The van der Waals surface area contributed by atoms with E-state index >= 15 is 0 Å². The van der Waals surface area contributed by atoms with Crippen LogP contribution in [0.25, 0.3) is 0 Å². The first kappa shape index (κ1) is 15.3. The number of rotatable bonds is 4. The molecule has 1 atom stereocenters. The number of aromatic nitrogens is 2. The molecule has 2 N–H and O–H groups in total. The summed E-state index contributed by atoms with van der Waals surface area (Å²) in [5.41, 5.74) is 1.57. The Balaban J connectivity index is 1.40. The summed E-state index contributed by atoms with van der Waals surface area (Å²) in [6.07, 6.45) is 9.43. The molecule has 1 unspecified atom stereocenters. The standard InChI is InChI=1S/C16H27N5O/c1-20-11-14(10-19-20)4-2-7-18-15(22)21-9-3-5-16(13-21)6-8-17-12-16/h10-11,17H,2-9,12-13H2,1H3,(H,18,22). The Morgan fingerprint density at radius 3 is 3.14 bits per heavy atom. The molecule has 3 rings (SSSR count). The van der Waals surface area contributed by atoms with Crippen molar-refractivity contribution >= 4 is 6.03 Å². The lowest BCUT2D eigenvalue weighted by Gasteiger charge is -2.39. The summed E-state index contributed by atoms with van der Waals surface area (Å²) < 4.78 is 1.82.